The third-order valence-electron chi connectivity index (χ3n) is 3.96. The second-order valence-electron chi connectivity index (χ2n) is 6.50. The van der Waals surface area contributed by atoms with Gasteiger partial charge in [0.15, 0.2) is 11.6 Å². The minimum atomic E-state index is 0.00329. The molecule has 0 amide bonds. The summed E-state index contributed by atoms with van der Waals surface area (Å²) in [5.74, 6) is 1.45. The highest BCUT2D eigenvalue weighted by atomic mass is 16.5. The molecule has 3 heterocycles. The first-order chi connectivity index (χ1) is 11.0. The fourth-order valence-electron chi connectivity index (χ4n) is 2.85. The van der Waals surface area contributed by atoms with Crippen molar-refractivity contribution in [3.63, 3.8) is 0 Å². The van der Waals surface area contributed by atoms with Gasteiger partial charge in [-0.3, -0.25) is 4.90 Å². The summed E-state index contributed by atoms with van der Waals surface area (Å²) in [5, 5.41) is 13.2. The molecule has 0 bridgehead atoms. The number of pyridine rings is 1. The maximum absolute atomic E-state index is 8.89. The van der Waals surface area contributed by atoms with Crippen LogP contribution < -0.4 is 0 Å². The van der Waals surface area contributed by atoms with E-state index in [0.29, 0.717) is 18.0 Å². The van der Waals surface area contributed by atoms with Crippen molar-refractivity contribution in [2.24, 2.45) is 0 Å². The van der Waals surface area contributed by atoms with Gasteiger partial charge in [0.1, 0.15) is 12.4 Å². The molecular weight excluding hydrogens is 292 g/mol. The number of nitrogens with zero attached hydrogens (tertiary/aromatic N) is 6. The molecule has 1 aliphatic heterocycles. The van der Waals surface area contributed by atoms with E-state index in [1.165, 1.54) is 6.33 Å². The summed E-state index contributed by atoms with van der Waals surface area (Å²) in [5.41, 5.74) is 0.524. The molecule has 23 heavy (non-hydrogen) atoms. The standard InChI is InChI=1S/C16H20N6O/c1-16(2,3)21-6-7-23-10-13(21)15-19-11-20-22(15)14-5-4-12(8-17)9-18-14/h4-5,9,11,13H,6-7,10H2,1-3H3. The molecule has 0 aliphatic carbocycles. The predicted molar refractivity (Wildman–Crippen MR) is 83.9 cm³/mol. The normalized spacial score (nSPS) is 19.5. The molecule has 3 rings (SSSR count). The van der Waals surface area contributed by atoms with Gasteiger partial charge in [-0.2, -0.15) is 15.0 Å². The minimum Gasteiger partial charge on any atom is -0.378 e. The van der Waals surface area contributed by atoms with Crippen molar-refractivity contribution in [3.8, 4) is 11.9 Å². The Labute approximate surface area is 135 Å². The molecule has 0 aromatic carbocycles. The summed E-state index contributed by atoms with van der Waals surface area (Å²) in [6, 6.07) is 5.59. The molecule has 7 nitrogen and oxygen atoms in total. The molecule has 1 unspecified atom stereocenters. The van der Waals surface area contributed by atoms with Crippen LogP contribution in [0.15, 0.2) is 24.7 Å². The summed E-state index contributed by atoms with van der Waals surface area (Å²) in [6.07, 6.45) is 3.07. The van der Waals surface area contributed by atoms with Gasteiger partial charge in [0.05, 0.1) is 24.8 Å². The van der Waals surface area contributed by atoms with E-state index in [9.17, 15) is 0 Å². The van der Waals surface area contributed by atoms with E-state index < -0.39 is 0 Å². The van der Waals surface area contributed by atoms with Gasteiger partial charge in [-0.05, 0) is 32.9 Å². The number of nitriles is 1. The van der Waals surface area contributed by atoms with Gasteiger partial charge in [0.25, 0.3) is 0 Å². The van der Waals surface area contributed by atoms with Gasteiger partial charge in [0, 0.05) is 18.3 Å². The number of hydrogen-bond donors (Lipinski definition) is 0. The SMILES string of the molecule is CC(C)(C)N1CCOCC1c1ncnn1-c1ccc(C#N)cn1. The van der Waals surface area contributed by atoms with Gasteiger partial charge in [0.2, 0.25) is 0 Å². The van der Waals surface area contributed by atoms with Crippen LogP contribution in [0.3, 0.4) is 0 Å². The Balaban J connectivity index is 1.97. The average molecular weight is 312 g/mol. The van der Waals surface area contributed by atoms with E-state index in [1.807, 2.05) is 0 Å². The molecule has 2 aromatic heterocycles. The molecule has 1 saturated heterocycles. The highest BCUT2D eigenvalue weighted by Crippen LogP contribution is 2.30. The zero-order valence-corrected chi connectivity index (χ0v) is 13.6. The summed E-state index contributed by atoms with van der Waals surface area (Å²) in [6.45, 7) is 8.70. The van der Waals surface area contributed by atoms with Crippen LogP contribution in [-0.4, -0.2) is 49.9 Å². The molecule has 7 heteroatoms. The molecule has 0 radical (unpaired) electrons. The molecular formula is C16H20N6O. The number of ether oxygens (including phenoxy) is 1. The fraction of sp³-hybridized carbons (Fsp3) is 0.500. The van der Waals surface area contributed by atoms with E-state index in [0.717, 1.165) is 19.0 Å². The second-order valence-corrected chi connectivity index (χ2v) is 6.50. The van der Waals surface area contributed by atoms with Gasteiger partial charge in [-0.25, -0.2) is 9.97 Å². The highest BCUT2D eigenvalue weighted by Gasteiger charge is 2.35. The van der Waals surface area contributed by atoms with Gasteiger partial charge < -0.3 is 4.74 Å². The molecule has 0 spiro atoms. The van der Waals surface area contributed by atoms with Crippen LogP contribution in [0.4, 0.5) is 0 Å². The average Bonchev–Trinajstić information content (AvgIpc) is 3.03. The van der Waals surface area contributed by atoms with Crippen molar-refractivity contribution in [3.05, 3.63) is 36.0 Å². The Hall–Kier alpha value is -2.30. The fourth-order valence-corrected chi connectivity index (χ4v) is 2.85. The molecule has 0 N–H and O–H groups in total. The summed E-state index contributed by atoms with van der Waals surface area (Å²) < 4.78 is 7.39. The van der Waals surface area contributed by atoms with Crippen LogP contribution in [0.2, 0.25) is 0 Å². The quantitative estimate of drug-likeness (QED) is 0.840. The lowest BCUT2D eigenvalue weighted by atomic mass is 10.0. The third kappa shape index (κ3) is 3.09. The number of aromatic nitrogens is 4. The maximum Gasteiger partial charge on any atom is 0.155 e. The zero-order valence-electron chi connectivity index (χ0n) is 13.6. The van der Waals surface area contributed by atoms with Crippen molar-refractivity contribution in [2.75, 3.05) is 19.8 Å². The second kappa shape index (κ2) is 6.07. The van der Waals surface area contributed by atoms with Crippen LogP contribution >= 0.6 is 0 Å². The van der Waals surface area contributed by atoms with Crippen molar-refractivity contribution >= 4 is 0 Å². The predicted octanol–water partition coefficient (Wildman–Crippen LogP) is 1.71. The molecule has 2 aromatic rings. The van der Waals surface area contributed by atoms with E-state index in [2.05, 4.69) is 46.8 Å². The van der Waals surface area contributed by atoms with Gasteiger partial charge in [-0.1, -0.05) is 0 Å². The Kier molecular flexibility index (Phi) is 4.11. The zero-order chi connectivity index (χ0) is 16.4. The first-order valence-corrected chi connectivity index (χ1v) is 7.61. The van der Waals surface area contributed by atoms with Crippen LogP contribution in [0.5, 0.6) is 0 Å². The van der Waals surface area contributed by atoms with Crippen LogP contribution in [0, 0.1) is 11.3 Å². The molecule has 0 saturated carbocycles. The van der Waals surface area contributed by atoms with Crippen molar-refractivity contribution in [2.45, 2.75) is 32.4 Å². The Morgan fingerprint density at radius 2 is 2.13 bits per heavy atom. The first-order valence-electron chi connectivity index (χ1n) is 7.61. The number of hydrogen-bond acceptors (Lipinski definition) is 6. The largest absolute Gasteiger partial charge is 0.378 e. The van der Waals surface area contributed by atoms with Crippen molar-refractivity contribution < 1.29 is 4.74 Å². The summed E-state index contributed by atoms with van der Waals surface area (Å²) in [7, 11) is 0. The number of morpholine rings is 1. The van der Waals surface area contributed by atoms with Gasteiger partial charge in [-0.15, -0.1) is 0 Å². The monoisotopic (exact) mass is 312 g/mol. The van der Waals surface area contributed by atoms with Crippen LogP contribution in [0.1, 0.15) is 38.2 Å². The summed E-state index contributed by atoms with van der Waals surface area (Å²) in [4.78, 5) is 11.1. The molecule has 1 fully saturated rings. The highest BCUT2D eigenvalue weighted by molar-refractivity contribution is 5.32. The Morgan fingerprint density at radius 1 is 1.30 bits per heavy atom. The lowest BCUT2D eigenvalue weighted by Crippen LogP contribution is -2.50. The smallest absolute Gasteiger partial charge is 0.155 e. The lowest BCUT2D eigenvalue weighted by molar-refractivity contribution is -0.0542. The summed E-state index contributed by atoms with van der Waals surface area (Å²) >= 11 is 0. The van der Waals surface area contributed by atoms with E-state index >= 15 is 0 Å². The van der Waals surface area contributed by atoms with E-state index in [4.69, 9.17) is 10.00 Å². The maximum atomic E-state index is 8.89. The Morgan fingerprint density at radius 3 is 2.78 bits per heavy atom. The topological polar surface area (TPSA) is 79.9 Å². The third-order valence-corrected chi connectivity index (χ3v) is 3.96. The van der Waals surface area contributed by atoms with E-state index in [-0.39, 0.29) is 11.6 Å². The van der Waals surface area contributed by atoms with Gasteiger partial charge >= 0.3 is 0 Å². The van der Waals surface area contributed by atoms with Crippen LogP contribution in [0.25, 0.3) is 5.82 Å². The Bertz CT molecular complexity index is 709. The van der Waals surface area contributed by atoms with Crippen LogP contribution in [-0.2, 0) is 4.74 Å². The molecule has 120 valence electrons. The minimum absolute atomic E-state index is 0.00329. The van der Waals surface area contributed by atoms with E-state index in [1.54, 1.807) is 23.0 Å². The molecule has 1 atom stereocenters. The first kappa shape index (κ1) is 15.6. The number of rotatable bonds is 2. The molecule has 1 aliphatic rings. The van der Waals surface area contributed by atoms with Crippen molar-refractivity contribution in [1.82, 2.24) is 24.6 Å². The van der Waals surface area contributed by atoms with Crippen molar-refractivity contribution in [1.29, 1.82) is 5.26 Å². The lowest BCUT2D eigenvalue weighted by Gasteiger charge is -2.43.